The Hall–Kier alpha value is -2.04. The van der Waals surface area contributed by atoms with Gasteiger partial charge in [-0.1, -0.05) is 54.1 Å². The quantitative estimate of drug-likeness (QED) is 0.558. The number of hydrogen-bond donors (Lipinski definition) is 2. The molecule has 1 aliphatic heterocycles. The molecule has 3 unspecified atom stereocenters. The SMILES string of the molecule is CCNC(=NCC1CCOC1c1ccccc1)NC(C)c1cccc(Cl)c1. The standard InChI is InChI=1S/C22H28ClN3O/c1-3-24-22(26-16(2)18-10-7-11-20(23)14-18)25-15-19-12-13-27-21(19)17-8-5-4-6-9-17/h4-11,14,16,19,21H,3,12-13,15H2,1-2H3,(H2,24,25,26). The van der Waals surface area contributed by atoms with Crippen LogP contribution >= 0.6 is 11.6 Å². The summed E-state index contributed by atoms with van der Waals surface area (Å²) in [5.41, 5.74) is 2.37. The molecule has 2 aromatic carbocycles. The molecular weight excluding hydrogens is 358 g/mol. The Labute approximate surface area is 167 Å². The lowest BCUT2D eigenvalue weighted by Crippen LogP contribution is -2.39. The first-order valence-electron chi connectivity index (χ1n) is 9.64. The van der Waals surface area contributed by atoms with Crippen molar-refractivity contribution in [1.82, 2.24) is 10.6 Å². The van der Waals surface area contributed by atoms with Crippen molar-refractivity contribution >= 4 is 17.6 Å². The number of hydrogen-bond acceptors (Lipinski definition) is 2. The number of ether oxygens (including phenoxy) is 1. The molecule has 1 aliphatic rings. The zero-order chi connectivity index (χ0) is 19.1. The molecule has 2 aromatic rings. The van der Waals surface area contributed by atoms with Crippen LogP contribution < -0.4 is 10.6 Å². The summed E-state index contributed by atoms with van der Waals surface area (Å²) < 4.78 is 5.98. The first-order valence-corrected chi connectivity index (χ1v) is 10.0. The van der Waals surface area contributed by atoms with Gasteiger partial charge in [0.2, 0.25) is 0 Å². The van der Waals surface area contributed by atoms with Gasteiger partial charge in [-0.3, -0.25) is 4.99 Å². The van der Waals surface area contributed by atoms with Gasteiger partial charge in [-0.25, -0.2) is 0 Å². The Bertz CT molecular complexity index is 750. The summed E-state index contributed by atoms with van der Waals surface area (Å²) in [6.07, 6.45) is 1.16. The number of guanidine groups is 1. The van der Waals surface area contributed by atoms with Crippen LogP contribution in [0.5, 0.6) is 0 Å². The second-order valence-corrected chi connectivity index (χ2v) is 7.33. The average Bonchev–Trinajstić information content (AvgIpc) is 3.15. The molecule has 1 heterocycles. The molecule has 5 heteroatoms. The van der Waals surface area contributed by atoms with Crippen molar-refractivity contribution in [2.45, 2.75) is 32.4 Å². The Morgan fingerprint density at radius 1 is 1.22 bits per heavy atom. The predicted octanol–water partition coefficient (Wildman–Crippen LogP) is 4.73. The van der Waals surface area contributed by atoms with Crippen LogP contribution in [0, 0.1) is 5.92 Å². The molecule has 3 atom stereocenters. The third-order valence-corrected chi connectivity index (χ3v) is 5.11. The van der Waals surface area contributed by atoms with Crippen LogP contribution in [0.1, 0.15) is 43.5 Å². The molecule has 0 bridgehead atoms. The fraction of sp³-hybridized carbons (Fsp3) is 0.409. The van der Waals surface area contributed by atoms with Gasteiger partial charge in [-0.15, -0.1) is 0 Å². The van der Waals surface area contributed by atoms with Crippen molar-refractivity contribution in [3.8, 4) is 0 Å². The lowest BCUT2D eigenvalue weighted by atomic mass is 9.95. The van der Waals surface area contributed by atoms with Crippen LogP contribution in [0.4, 0.5) is 0 Å². The molecule has 0 radical (unpaired) electrons. The smallest absolute Gasteiger partial charge is 0.191 e. The number of aliphatic imine (C=N–C) groups is 1. The van der Waals surface area contributed by atoms with Crippen molar-refractivity contribution in [3.63, 3.8) is 0 Å². The van der Waals surface area contributed by atoms with E-state index in [0.29, 0.717) is 5.92 Å². The van der Waals surface area contributed by atoms with E-state index in [1.165, 1.54) is 5.56 Å². The minimum Gasteiger partial charge on any atom is -0.373 e. The number of halogens is 1. The second kappa shape index (κ2) is 9.77. The molecule has 27 heavy (non-hydrogen) atoms. The van der Waals surface area contributed by atoms with Gasteiger partial charge in [0.25, 0.3) is 0 Å². The molecule has 0 amide bonds. The Balaban J connectivity index is 1.66. The van der Waals surface area contributed by atoms with Crippen LogP contribution in [-0.4, -0.2) is 25.7 Å². The maximum absolute atomic E-state index is 6.12. The maximum Gasteiger partial charge on any atom is 0.191 e. The molecular formula is C22H28ClN3O. The van der Waals surface area contributed by atoms with Gasteiger partial charge < -0.3 is 15.4 Å². The Kier molecular flexibility index (Phi) is 7.13. The van der Waals surface area contributed by atoms with Crippen molar-refractivity contribution in [3.05, 3.63) is 70.7 Å². The van der Waals surface area contributed by atoms with Crippen molar-refractivity contribution in [1.29, 1.82) is 0 Å². The minimum atomic E-state index is 0.117. The average molecular weight is 386 g/mol. The molecule has 0 aliphatic carbocycles. The largest absolute Gasteiger partial charge is 0.373 e. The molecule has 144 valence electrons. The van der Waals surface area contributed by atoms with E-state index in [4.69, 9.17) is 21.3 Å². The summed E-state index contributed by atoms with van der Waals surface area (Å²) in [6, 6.07) is 18.5. The maximum atomic E-state index is 6.12. The lowest BCUT2D eigenvalue weighted by Gasteiger charge is -2.20. The predicted molar refractivity (Wildman–Crippen MR) is 112 cm³/mol. The van der Waals surface area contributed by atoms with E-state index in [2.05, 4.69) is 54.8 Å². The zero-order valence-electron chi connectivity index (χ0n) is 16.0. The van der Waals surface area contributed by atoms with E-state index in [1.807, 2.05) is 24.3 Å². The molecule has 3 rings (SSSR count). The molecule has 0 aromatic heterocycles. The van der Waals surface area contributed by atoms with Crippen LogP contribution in [0.25, 0.3) is 0 Å². The molecule has 1 fully saturated rings. The summed E-state index contributed by atoms with van der Waals surface area (Å²) in [4.78, 5) is 4.84. The van der Waals surface area contributed by atoms with Gasteiger partial charge in [0.15, 0.2) is 5.96 Å². The fourth-order valence-electron chi connectivity index (χ4n) is 3.42. The van der Waals surface area contributed by atoms with Gasteiger partial charge in [0.05, 0.1) is 12.1 Å². The number of benzene rings is 2. The van der Waals surface area contributed by atoms with Crippen LogP contribution in [0.15, 0.2) is 59.6 Å². The molecule has 1 saturated heterocycles. The van der Waals surface area contributed by atoms with Crippen molar-refractivity contribution < 1.29 is 4.74 Å². The molecule has 0 spiro atoms. The fourth-order valence-corrected chi connectivity index (χ4v) is 3.62. The topological polar surface area (TPSA) is 45.7 Å². The summed E-state index contributed by atoms with van der Waals surface area (Å²) in [6.45, 7) is 6.54. The number of nitrogens with zero attached hydrogens (tertiary/aromatic N) is 1. The number of nitrogens with one attached hydrogen (secondary N) is 2. The van der Waals surface area contributed by atoms with E-state index in [9.17, 15) is 0 Å². The van der Waals surface area contributed by atoms with E-state index in [0.717, 1.165) is 42.7 Å². The molecule has 0 saturated carbocycles. The van der Waals surface area contributed by atoms with E-state index < -0.39 is 0 Å². The third kappa shape index (κ3) is 5.47. The van der Waals surface area contributed by atoms with E-state index in [-0.39, 0.29) is 12.1 Å². The Morgan fingerprint density at radius 2 is 2.04 bits per heavy atom. The zero-order valence-corrected chi connectivity index (χ0v) is 16.7. The van der Waals surface area contributed by atoms with Crippen molar-refractivity contribution in [2.24, 2.45) is 10.9 Å². The second-order valence-electron chi connectivity index (χ2n) is 6.89. The highest BCUT2D eigenvalue weighted by Crippen LogP contribution is 2.34. The molecule has 2 N–H and O–H groups in total. The van der Waals surface area contributed by atoms with Gasteiger partial charge in [0, 0.05) is 30.6 Å². The van der Waals surface area contributed by atoms with Gasteiger partial charge in [-0.05, 0) is 43.5 Å². The van der Waals surface area contributed by atoms with Crippen LogP contribution in [-0.2, 0) is 4.74 Å². The molecule has 4 nitrogen and oxygen atoms in total. The highest BCUT2D eigenvalue weighted by Gasteiger charge is 2.29. The van der Waals surface area contributed by atoms with Crippen LogP contribution in [0.2, 0.25) is 5.02 Å². The van der Waals surface area contributed by atoms with Crippen molar-refractivity contribution in [2.75, 3.05) is 19.7 Å². The van der Waals surface area contributed by atoms with Crippen LogP contribution in [0.3, 0.4) is 0 Å². The lowest BCUT2D eigenvalue weighted by molar-refractivity contribution is 0.0925. The van der Waals surface area contributed by atoms with E-state index >= 15 is 0 Å². The third-order valence-electron chi connectivity index (χ3n) is 4.87. The number of rotatable bonds is 6. The minimum absolute atomic E-state index is 0.117. The first kappa shape index (κ1) is 19.7. The highest BCUT2D eigenvalue weighted by molar-refractivity contribution is 6.30. The Morgan fingerprint density at radius 3 is 2.78 bits per heavy atom. The highest BCUT2D eigenvalue weighted by atomic mass is 35.5. The summed E-state index contributed by atoms with van der Waals surface area (Å²) >= 11 is 6.12. The van der Waals surface area contributed by atoms with Gasteiger partial charge >= 0.3 is 0 Å². The summed E-state index contributed by atoms with van der Waals surface area (Å²) in [5, 5.41) is 7.57. The van der Waals surface area contributed by atoms with Gasteiger partial charge in [0.1, 0.15) is 0 Å². The summed E-state index contributed by atoms with van der Waals surface area (Å²) in [5.74, 6) is 1.22. The first-order chi connectivity index (χ1) is 13.2. The van der Waals surface area contributed by atoms with E-state index in [1.54, 1.807) is 0 Å². The normalized spacial score (nSPS) is 21.1. The van der Waals surface area contributed by atoms with Gasteiger partial charge in [-0.2, -0.15) is 0 Å². The summed E-state index contributed by atoms with van der Waals surface area (Å²) in [7, 11) is 0. The monoisotopic (exact) mass is 385 g/mol.